The first kappa shape index (κ1) is 25.0. The molecule has 35 heavy (non-hydrogen) atoms. The van der Waals surface area contributed by atoms with Crippen LogP contribution in [0.25, 0.3) is 11.3 Å². The molecular weight excluding hydrogens is 493 g/mol. The molecule has 1 aliphatic heterocycles. The fourth-order valence-electron chi connectivity index (χ4n) is 3.79. The van der Waals surface area contributed by atoms with Gasteiger partial charge in [0.05, 0.1) is 23.6 Å². The second-order valence-electron chi connectivity index (χ2n) is 7.97. The summed E-state index contributed by atoms with van der Waals surface area (Å²) in [6.07, 6.45) is 1.43. The van der Waals surface area contributed by atoms with E-state index in [0.717, 1.165) is 11.4 Å². The average Bonchev–Trinajstić information content (AvgIpc) is 3.41. The van der Waals surface area contributed by atoms with E-state index in [4.69, 9.17) is 32.4 Å². The third-order valence-corrected chi connectivity index (χ3v) is 6.27. The molecule has 11 heteroatoms. The second-order valence-corrected chi connectivity index (χ2v) is 8.81. The number of amides is 2. The molecule has 1 fully saturated rings. The molecule has 0 N–H and O–H groups in total. The van der Waals surface area contributed by atoms with Gasteiger partial charge in [-0.05, 0) is 42.5 Å². The van der Waals surface area contributed by atoms with Crippen molar-refractivity contribution in [3.05, 3.63) is 64.5 Å². The third kappa shape index (κ3) is 6.11. The van der Waals surface area contributed by atoms with Crippen molar-refractivity contribution in [2.24, 2.45) is 0 Å². The first-order valence-corrected chi connectivity index (χ1v) is 11.9. The number of carbonyl (C=O) groups is 2. The van der Waals surface area contributed by atoms with E-state index in [1.165, 1.54) is 11.2 Å². The van der Waals surface area contributed by atoms with Gasteiger partial charge in [0.2, 0.25) is 5.91 Å². The Morgan fingerprint density at radius 3 is 2.51 bits per heavy atom. The largest absolute Gasteiger partial charge is 0.459 e. The first-order chi connectivity index (χ1) is 17.0. The zero-order valence-electron chi connectivity index (χ0n) is 19.2. The number of rotatable bonds is 8. The molecule has 0 aliphatic carbocycles. The van der Waals surface area contributed by atoms with Crippen LogP contribution in [0.1, 0.15) is 10.6 Å². The summed E-state index contributed by atoms with van der Waals surface area (Å²) >= 11 is 12.2. The molecule has 0 unspecified atom stereocenters. The standard InChI is InChI=1S/C24H25Cl2N5O4/c1-34-14-12-31(24(33)21-3-2-13-35-21)16-23(32)30-10-8-29(9-11-30)22-7-6-20(27-28-22)18-5-4-17(25)15-19(18)26/h2-7,13,15H,8-12,14,16H2,1H3. The van der Waals surface area contributed by atoms with Crippen LogP contribution in [0.3, 0.4) is 0 Å². The summed E-state index contributed by atoms with van der Waals surface area (Å²) in [5.74, 6) is 0.455. The van der Waals surface area contributed by atoms with Gasteiger partial charge in [0, 0.05) is 50.4 Å². The highest BCUT2D eigenvalue weighted by atomic mass is 35.5. The van der Waals surface area contributed by atoms with Gasteiger partial charge in [-0.3, -0.25) is 9.59 Å². The van der Waals surface area contributed by atoms with Crippen LogP contribution in [0.2, 0.25) is 10.0 Å². The minimum atomic E-state index is -0.338. The summed E-state index contributed by atoms with van der Waals surface area (Å²) in [6, 6.07) is 12.2. The highest BCUT2D eigenvalue weighted by Crippen LogP contribution is 2.29. The van der Waals surface area contributed by atoms with Gasteiger partial charge in [0.1, 0.15) is 6.54 Å². The Hall–Kier alpha value is -3.14. The Balaban J connectivity index is 1.34. The van der Waals surface area contributed by atoms with Crippen molar-refractivity contribution in [3.63, 3.8) is 0 Å². The average molecular weight is 518 g/mol. The lowest BCUT2D eigenvalue weighted by molar-refractivity contribution is -0.132. The lowest BCUT2D eigenvalue weighted by Crippen LogP contribution is -2.52. The maximum Gasteiger partial charge on any atom is 0.290 e. The number of hydrogen-bond donors (Lipinski definition) is 0. The molecule has 4 rings (SSSR count). The number of aromatic nitrogens is 2. The fraction of sp³-hybridized carbons (Fsp3) is 0.333. The second kappa shape index (κ2) is 11.5. The molecule has 3 heterocycles. The number of piperazine rings is 1. The quantitative estimate of drug-likeness (QED) is 0.451. The Morgan fingerprint density at radius 1 is 1.09 bits per heavy atom. The van der Waals surface area contributed by atoms with Gasteiger partial charge in [0.15, 0.2) is 11.6 Å². The Morgan fingerprint density at radius 2 is 1.89 bits per heavy atom. The van der Waals surface area contributed by atoms with Gasteiger partial charge in [-0.15, -0.1) is 10.2 Å². The van der Waals surface area contributed by atoms with Crippen LogP contribution >= 0.6 is 23.2 Å². The molecule has 9 nitrogen and oxygen atoms in total. The van der Waals surface area contributed by atoms with Crippen LogP contribution in [-0.2, 0) is 9.53 Å². The summed E-state index contributed by atoms with van der Waals surface area (Å²) in [5.41, 5.74) is 1.41. The predicted molar refractivity (Wildman–Crippen MR) is 133 cm³/mol. The zero-order chi connectivity index (χ0) is 24.8. The lowest BCUT2D eigenvalue weighted by atomic mass is 10.1. The number of methoxy groups -OCH3 is 1. The third-order valence-electron chi connectivity index (χ3n) is 5.72. The predicted octanol–water partition coefficient (Wildman–Crippen LogP) is 3.48. The van der Waals surface area contributed by atoms with Gasteiger partial charge in [0.25, 0.3) is 5.91 Å². The maximum atomic E-state index is 12.9. The van der Waals surface area contributed by atoms with Crippen molar-refractivity contribution in [1.82, 2.24) is 20.0 Å². The molecule has 3 aromatic rings. The zero-order valence-corrected chi connectivity index (χ0v) is 20.7. The number of hydrogen-bond acceptors (Lipinski definition) is 7. The van der Waals surface area contributed by atoms with Crippen LogP contribution in [0.15, 0.2) is 53.1 Å². The van der Waals surface area contributed by atoms with Crippen molar-refractivity contribution in [3.8, 4) is 11.3 Å². The summed E-state index contributed by atoms with van der Waals surface area (Å²) in [6.45, 7) is 2.80. The molecular formula is C24H25Cl2N5O4. The maximum absolute atomic E-state index is 12.9. The molecule has 0 radical (unpaired) electrons. The minimum absolute atomic E-state index is 0.0424. The number of nitrogens with zero attached hydrogens (tertiary/aromatic N) is 5. The van der Waals surface area contributed by atoms with Crippen molar-refractivity contribution in [2.75, 3.05) is 57.9 Å². The normalized spacial score (nSPS) is 13.7. The number of benzene rings is 1. The van der Waals surface area contributed by atoms with Gasteiger partial charge < -0.3 is 23.9 Å². The van der Waals surface area contributed by atoms with Crippen LogP contribution in [0, 0.1) is 0 Å². The van der Waals surface area contributed by atoms with E-state index in [1.807, 2.05) is 18.2 Å². The topological polar surface area (TPSA) is 92.0 Å². The van der Waals surface area contributed by atoms with Gasteiger partial charge in [-0.2, -0.15) is 0 Å². The minimum Gasteiger partial charge on any atom is -0.459 e. The van der Waals surface area contributed by atoms with Crippen LogP contribution in [0.5, 0.6) is 0 Å². The summed E-state index contributed by atoms with van der Waals surface area (Å²) in [5, 5.41) is 9.73. The van der Waals surface area contributed by atoms with Gasteiger partial charge in [-0.25, -0.2) is 0 Å². The molecule has 2 amide bonds. The van der Waals surface area contributed by atoms with Crippen molar-refractivity contribution in [2.45, 2.75) is 0 Å². The van der Waals surface area contributed by atoms with E-state index in [-0.39, 0.29) is 24.1 Å². The molecule has 0 saturated carbocycles. The SMILES string of the molecule is COCCN(CC(=O)N1CCN(c2ccc(-c3ccc(Cl)cc3Cl)nn2)CC1)C(=O)c1ccco1. The van der Waals surface area contributed by atoms with Gasteiger partial charge >= 0.3 is 0 Å². The molecule has 1 aliphatic rings. The van der Waals surface area contributed by atoms with E-state index in [2.05, 4.69) is 15.1 Å². The van der Waals surface area contributed by atoms with Crippen molar-refractivity contribution < 1.29 is 18.7 Å². The number of ether oxygens (including phenoxy) is 1. The highest BCUT2D eigenvalue weighted by molar-refractivity contribution is 6.36. The number of carbonyl (C=O) groups excluding carboxylic acids is 2. The molecule has 0 bridgehead atoms. The van der Waals surface area contributed by atoms with Crippen LogP contribution in [0.4, 0.5) is 5.82 Å². The Bertz CT molecular complexity index is 1150. The Labute approximate surface area is 213 Å². The molecule has 1 aromatic carbocycles. The summed E-state index contributed by atoms with van der Waals surface area (Å²) in [4.78, 5) is 30.9. The van der Waals surface area contributed by atoms with E-state index in [0.29, 0.717) is 55.1 Å². The molecule has 0 atom stereocenters. The molecule has 1 saturated heterocycles. The molecule has 184 valence electrons. The molecule has 2 aromatic heterocycles. The fourth-order valence-corrected chi connectivity index (χ4v) is 4.30. The monoisotopic (exact) mass is 517 g/mol. The van der Waals surface area contributed by atoms with E-state index < -0.39 is 0 Å². The van der Waals surface area contributed by atoms with Gasteiger partial charge in [-0.1, -0.05) is 23.2 Å². The summed E-state index contributed by atoms with van der Waals surface area (Å²) in [7, 11) is 1.55. The van der Waals surface area contributed by atoms with Crippen LogP contribution in [-0.4, -0.2) is 84.8 Å². The van der Waals surface area contributed by atoms with E-state index in [1.54, 1.807) is 36.3 Å². The number of furan rings is 1. The lowest BCUT2D eigenvalue weighted by Gasteiger charge is -2.36. The van der Waals surface area contributed by atoms with E-state index in [9.17, 15) is 9.59 Å². The van der Waals surface area contributed by atoms with Crippen molar-refractivity contribution >= 4 is 40.8 Å². The number of halogens is 2. The number of anilines is 1. The smallest absolute Gasteiger partial charge is 0.290 e. The van der Waals surface area contributed by atoms with Crippen LogP contribution < -0.4 is 4.90 Å². The van der Waals surface area contributed by atoms with E-state index >= 15 is 0 Å². The van der Waals surface area contributed by atoms with Crippen molar-refractivity contribution in [1.29, 1.82) is 0 Å². The first-order valence-electron chi connectivity index (χ1n) is 11.1. The summed E-state index contributed by atoms with van der Waals surface area (Å²) < 4.78 is 10.3. The molecule has 0 spiro atoms. The Kier molecular flexibility index (Phi) is 8.22. The highest BCUT2D eigenvalue weighted by Gasteiger charge is 2.26.